The molecular weight excluding hydrogens is 295 g/mol. The second-order valence-corrected chi connectivity index (χ2v) is 5.36. The highest BCUT2D eigenvalue weighted by Gasteiger charge is 2.21. The van der Waals surface area contributed by atoms with Gasteiger partial charge in [0.2, 0.25) is 5.95 Å². The smallest absolute Gasteiger partial charge is 0.225 e. The number of hydrogen-bond acceptors (Lipinski definition) is 6. The number of piperazine rings is 1. The fourth-order valence-electron chi connectivity index (χ4n) is 2.86. The van der Waals surface area contributed by atoms with E-state index >= 15 is 0 Å². The molecule has 3 heterocycles. The average Bonchev–Trinajstić information content (AvgIpc) is 2.63. The molecule has 0 saturated carbocycles. The van der Waals surface area contributed by atoms with Crippen molar-refractivity contribution < 1.29 is 4.39 Å². The van der Waals surface area contributed by atoms with Gasteiger partial charge in [-0.25, -0.2) is 24.3 Å². The minimum Gasteiger partial charge on any atom is -0.352 e. The summed E-state index contributed by atoms with van der Waals surface area (Å²) in [7, 11) is 0. The van der Waals surface area contributed by atoms with E-state index in [0.29, 0.717) is 5.52 Å². The van der Waals surface area contributed by atoms with Gasteiger partial charge >= 0.3 is 0 Å². The van der Waals surface area contributed by atoms with Crippen LogP contribution in [0, 0.1) is 5.82 Å². The number of anilines is 2. The van der Waals surface area contributed by atoms with Crippen molar-refractivity contribution in [1.82, 2.24) is 19.9 Å². The van der Waals surface area contributed by atoms with Gasteiger partial charge < -0.3 is 9.80 Å². The van der Waals surface area contributed by atoms with Crippen LogP contribution in [0.3, 0.4) is 0 Å². The first-order chi connectivity index (χ1) is 11.3. The minimum absolute atomic E-state index is 0.317. The molecule has 6 nitrogen and oxygen atoms in total. The summed E-state index contributed by atoms with van der Waals surface area (Å²) in [4.78, 5) is 21.3. The molecule has 1 aliphatic heterocycles. The van der Waals surface area contributed by atoms with Crippen LogP contribution in [0.2, 0.25) is 0 Å². The number of benzene rings is 1. The predicted octanol–water partition coefficient (Wildman–Crippen LogP) is 1.89. The van der Waals surface area contributed by atoms with E-state index in [0.717, 1.165) is 43.3 Å². The molecule has 0 unspecified atom stereocenters. The number of rotatable bonds is 2. The molecule has 1 saturated heterocycles. The Bertz CT molecular complexity index is 817. The molecule has 0 aliphatic carbocycles. The van der Waals surface area contributed by atoms with Crippen molar-refractivity contribution in [1.29, 1.82) is 0 Å². The number of nitrogens with zero attached hydrogens (tertiary/aromatic N) is 6. The normalized spacial score (nSPS) is 15.2. The highest BCUT2D eigenvalue weighted by atomic mass is 19.1. The Labute approximate surface area is 132 Å². The highest BCUT2D eigenvalue weighted by Crippen LogP contribution is 2.25. The van der Waals surface area contributed by atoms with Crippen LogP contribution in [0.15, 0.2) is 43.0 Å². The third kappa shape index (κ3) is 2.54. The molecule has 23 heavy (non-hydrogen) atoms. The average molecular weight is 310 g/mol. The number of hydrogen-bond donors (Lipinski definition) is 0. The molecule has 0 N–H and O–H groups in total. The van der Waals surface area contributed by atoms with Crippen molar-refractivity contribution in [3.8, 4) is 0 Å². The van der Waals surface area contributed by atoms with Gasteiger partial charge in [0.15, 0.2) is 0 Å². The van der Waals surface area contributed by atoms with E-state index in [1.807, 2.05) is 6.07 Å². The summed E-state index contributed by atoms with van der Waals surface area (Å²) in [5.74, 6) is 1.20. The molecule has 4 rings (SSSR count). The predicted molar refractivity (Wildman–Crippen MR) is 86.0 cm³/mol. The Hall–Kier alpha value is -2.83. The Morgan fingerprint density at radius 3 is 2.35 bits per heavy atom. The molecule has 2 aromatic heterocycles. The maximum Gasteiger partial charge on any atom is 0.225 e. The number of para-hydroxylation sites is 1. The highest BCUT2D eigenvalue weighted by molar-refractivity contribution is 5.89. The van der Waals surface area contributed by atoms with E-state index in [-0.39, 0.29) is 5.82 Å². The fraction of sp³-hybridized carbons (Fsp3) is 0.250. The summed E-state index contributed by atoms with van der Waals surface area (Å²) in [5.41, 5.74) is 0.367. The quantitative estimate of drug-likeness (QED) is 0.720. The maximum absolute atomic E-state index is 13.9. The van der Waals surface area contributed by atoms with Crippen LogP contribution in [-0.2, 0) is 0 Å². The Morgan fingerprint density at radius 1 is 0.826 bits per heavy atom. The van der Waals surface area contributed by atoms with E-state index in [1.54, 1.807) is 24.5 Å². The minimum atomic E-state index is -0.317. The summed E-state index contributed by atoms with van der Waals surface area (Å²) < 4.78 is 13.9. The zero-order valence-electron chi connectivity index (χ0n) is 12.4. The van der Waals surface area contributed by atoms with Crippen LogP contribution in [0.1, 0.15) is 0 Å². The SMILES string of the molecule is Fc1cccc2c(N3CCN(c4ncccn4)CC3)ncnc12. The summed E-state index contributed by atoms with van der Waals surface area (Å²) in [6.45, 7) is 3.15. The first-order valence-corrected chi connectivity index (χ1v) is 7.49. The van der Waals surface area contributed by atoms with Crippen LogP contribution < -0.4 is 9.80 Å². The standard InChI is InChI=1S/C16H15FN6/c17-13-4-1-3-12-14(13)20-11-21-15(12)22-7-9-23(10-8-22)16-18-5-2-6-19-16/h1-6,11H,7-10H2. The molecule has 1 aromatic carbocycles. The summed E-state index contributed by atoms with van der Waals surface area (Å²) >= 11 is 0. The largest absolute Gasteiger partial charge is 0.352 e. The Morgan fingerprint density at radius 2 is 1.57 bits per heavy atom. The lowest BCUT2D eigenvalue weighted by Gasteiger charge is -2.35. The van der Waals surface area contributed by atoms with Crippen LogP contribution in [-0.4, -0.2) is 46.1 Å². The van der Waals surface area contributed by atoms with Crippen molar-refractivity contribution in [2.24, 2.45) is 0 Å². The number of fused-ring (bicyclic) bond motifs is 1. The van der Waals surface area contributed by atoms with E-state index < -0.39 is 0 Å². The topological polar surface area (TPSA) is 58.0 Å². The lowest BCUT2D eigenvalue weighted by Crippen LogP contribution is -2.47. The van der Waals surface area contributed by atoms with Gasteiger partial charge in [-0.1, -0.05) is 6.07 Å². The molecule has 0 amide bonds. The van der Waals surface area contributed by atoms with E-state index in [9.17, 15) is 4.39 Å². The molecule has 1 fully saturated rings. The van der Waals surface area contributed by atoms with Gasteiger partial charge in [0, 0.05) is 44.0 Å². The van der Waals surface area contributed by atoms with Gasteiger partial charge in [0.1, 0.15) is 23.5 Å². The molecule has 3 aromatic rings. The van der Waals surface area contributed by atoms with Crippen molar-refractivity contribution in [3.63, 3.8) is 0 Å². The van der Waals surface area contributed by atoms with Crippen LogP contribution >= 0.6 is 0 Å². The van der Waals surface area contributed by atoms with Gasteiger partial charge in [-0.3, -0.25) is 0 Å². The van der Waals surface area contributed by atoms with Gasteiger partial charge in [-0.05, 0) is 18.2 Å². The van der Waals surface area contributed by atoms with E-state index in [1.165, 1.54) is 12.4 Å². The van der Waals surface area contributed by atoms with E-state index in [2.05, 4.69) is 29.7 Å². The van der Waals surface area contributed by atoms with Crippen molar-refractivity contribution in [2.75, 3.05) is 36.0 Å². The molecule has 0 atom stereocenters. The third-order valence-corrected chi connectivity index (χ3v) is 4.01. The Balaban J connectivity index is 1.58. The number of aromatic nitrogens is 4. The van der Waals surface area contributed by atoms with E-state index in [4.69, 9.17) is 0 Å². The van der Waals surface area contributed by atoms with Gasteiger partial charge in [-0.2, -0.15) is 0 Å². The summed E-state index contributed by atoms with van der Waals surface area (Å²) in [5, 5.41) is 0.747. The van der Waals surface area contributed by atoms with Crippen LogP contribution in [0.25, 0.3) is 10.9 Å². The summed E-state index contributed by atoms with van der Waals surface area (Å²) in [6, 6.07) is 6.78. The molecule has 0 radical (unpaired) electrons. The zero-order valence-corrected chi connectivity index (χ0v) is 12.4. The first kappa shape index (κ1) is 13.8. The number of halogens is 1. The molecule has 116 valence electrons. The molecule has 0 spiro atoms. The lowest BCUT2D eigenvalue weighted by molar-refractivity contribution is 0.631. The second-order valence-electron chi connectivity index (χ2n) is 5.36. The molecular formula is C16H15FN6. The van der Waals surface area contributed by atoms with Gasteiger partial charge in [0.25, 0.3) is 0 Å². The first-order valence-electron chi connectivity index (χ1n) is 7.49. The fourth-order valence-corrected chi connectivity index (χ4v) is 2.86. The molecule has 1 aliphatic rings. The van der Waals surface area contributed by atoms with Gasteiger partial charge in [-0.15, -0.1) is 0 Å². The van der Waals surface area contributed by atoms with Crippen LogP contribution in [0.5, 0.6) is 0 Å². The van der Waals surface area contributed by atoms with Gasteiger partial charge in [0.05, 0.1) is 0 Å². The van der Waals surface area contributed by atoms with Crippen molar-refractivity contribution >= 4 is 22.7 Å². The third-order valence-electron chi connectivity index (χ3n) is 4.01. The molecule has 0 bridgehead atoms. The molecule has 7 heteroatoms. The van der Waals surface area contributed by atoms with Crippen molar-refractivity contribution in [2.45, 2.75) is 0 Å². The summed E-state index contributed by atoms with van der Waals surface area (Å²) in [6.07, 6.45) is 4.91. The zero-order chi connectivity index (χ0) is 15.6. The van der Waals surface area contributed by atoms with Crippen LogP contribution in [0.4, 0.5) is 16.2 Å². The maximum atomic E-state index is 13.9. The van der Waals surface area contributed by atoms with Crippen molar-refractivity contribution in [3.05, 3.63) is 48.8 Å². The monoisotopic (exact) mass is 310 g/mol. The lowest BCUT2D eigenvalue weighted by atomic mass is 10.2. The second kappa shape index (κ2) is 5.75. The Kier molecular flexibility index (Phi) is 3.45.